The molecular weight excluding hydrogens is 139 g/mol. The smallest absolute Gasteiger partial charge is 0.0262 e. The molecule has 0 radical (unpaired) electrons. The van der Waals surface area contributed by atoms with E-state index in [4.69, 9.17) is 0 Å². The molecule has 0 amide bonds. The third kappa shape index (κ3) is 2.33. The summed E-state index contributed by atoms with van der Waals surface area (Å²) in [4.78, 5) is 0. The fraction of sp³-hybridized carbons (Fsp3) is 0.111. The van der Waals surface area contributed by atoms with Gasteiger partial charge in [-0.2, -0.15) is 9.90 Å². The summed E-state index contributed by atoms with van der Waals surface area (Å²) in [5, 5.41) is 0. The first-order valence-electron chi connectivity index (χ1n) is 3.02. The fourth-order valence-electron chi connectivity index (χ4n) is 0.703. The van der Waals surface area contributed by atoms with Crippen LogP contribution in [0.4, 0.5) is 0 Å². The lowest BCUT2D eigenvalue weighted by Gasteiger charge is -1.91. The van der Waals surface area contributed by atoms with Crippen LogP contribution < -0.4 is 0 Å². The van der Waals surface area contributed by atoms with Gasteiger partial charge in [-0.1, -0.05) is 42.5 Å². The molecule has 10 heavy (non-hydrogen) atoms. The molecular formula is C9H13P. The maximum atomic E-state index is 3.66. The first kappa shape index (κ1) is 9.39. The minimum absolute atomic E-state index is 0. The monoisotopic (exact) mass is 152 g/mol. The first-order valence-corrected chi connectivity index (χ1v) is 3.02. The van der Waals surface area contributed by atoms with E-state index in [2.05, 4.69) is 37.8 Å². The Balaban J connectivity index is 0.000000810. The number of rotatable bonds is 1. The Morgan fingerprint density at radius 1 is 1.20 bits per heavy atom. The van der Waals surface area contributed by atoms with Gasteiger partial charge in [0.2, 0.25) is 0 Å². The molecule has 0 aromatic heterocycles. The normalized spacial score (nSPS) is 8.10. The van der Waals surface area contributed by atoms with Crippen LogP contribution in [0.3, 0.4) is 0 Å². The van der Waals surface area contributed by atoms with Crippen LogP contribution >= 0.6 is 9.90 Å². The molecule has 0 fully saturated rings. The zero-order valence-corrected chi connectivity index (χ0v) is 7.72. The molecule has 1 rings (SSSR count). The first-order chi connectivity index (χ1) is 4.33. The highest BCUT2D eigenvalue weighted by molar-refractivity contribution is 6.92. The van der Waals surface area contributed by atoms with Crippen LogP contribution in [-0.4, -0.2) is 0 Å². The van der Waals surface area contributed by atoms with Gasteiger partial charge in [0.05, 0.1) is 0 Å². The van der Waals surface area contributed by atoms with Crippen LogP contribution in [0.2, 0.25) is 0 Å². The Morgan fingerprint density at radius 2 is 1.70 bits per heavy atom. The van der Waals surface area contributed by atoms with Crippen molar-refractivity contribution in [2.45, 2.75) is 6.92 Å². The molecule has 0 spiro atoms. The van der Waals surface area contributed by atoms with Crippen LogP contribution in [0.25, 0.3) is 6.08 Å². The lowest BCUT2D eigenvalue weighted by molar-refractivity contribution is 1.46. The van der Waals surface area contributed by atoms with E-state index >= 15 is 0 Å². The second-order valence-electron chi connectivity index (χ2n) is 2.11. The second-order valence-corrected chi connectivity index (χ2v) is 2.11. The van der Waals surface area contributed by atoms with E-state index in [0.717, 1.165) is 0 Å². The lowest BCUT2D eigenvalue weighted by Crippen LogP contribution is -1.71. The van der Waals surface area contributed by atoms with Crippen LogP contribution in [0.15, 0.2) is 30.8 Å². The predicted molar refractivity (Wildman–Crippen MR) is 52.4 cm³/mol. The third-order valence-electron chi connectivity index (χ3n) is 1.31. The highest BCUT2D eigenvalue weighted by Crippen LogP contribution is 2.02. The summed E-state index contributed by atoms with van der Waals surface area (Å²) in [5.41, 5.74) is 2.47. The largest absolute Gasteiger partial charge is 0.153 e. The summed E-state index contributed by atoms with van der Waals surface area (Å²) >= 11 is 0. The Labute approximate surface area is 65.6 Å². The summed E-state index contributed by atoms with van der Waals surface area (Å²) in [7, 11) is 0. The van der Waals surface area contributed by atoms with Crippen molar-refractivity contribution in [3.8, 4) is 0 Å². The highest BCUT2D eigenvalue weighted by atomic mass is 31.0. The quantitative estimate of drug-likeness (QED) is 0.543. The van der Waals surface area contributed by atoms with Gasteiger partial charge in [0.1, 0.15) is 0 Å². The topological polar surface area (TPSA) is 0 Å². The summed E-state index contributed by atoms with van der Waals surface area (Å²) < 4.78 is 0. The maximum absolute atomic E-state index is 3.66. The third-order valence-corrected chi connectivity index (χ3v) is 1.31. The van der Waals surface area contributed by atoms with Gasteiger partial charge in [-0.3, -0.25) is 0 Å². The molecule has 0 nitrogen and oxygen atoms in total. The molecule has 0 aliphatic heterocycles. The standard InChI is InChI=1S/C9H10.H3P/c1-3-9-6-4-8(2)5-7-9;/h3-7H,1H2,2H3;1H3. The van der Waals surface area contributed by atoms with E-state index in [1.807, 2.05) is 6.08 Å². The van der Waals surface area contributed by atoms with Gasteiger partial charge in [-0.25, -0.2) is 0 Å². The summed E-state index contributed by atoms with van der Waals surface area (Å²) in [5.74, 6) is 0. The number of aryl methyl sites for hydroxylation is 1. The van der Waals surface area contributed by atoms with Gasteiger partial charge in [0, 0.05) is 0 Å². The van der Waals surface area contributed by atoms with E-state index in [0.29, 0.717) is 0 Å². The number of benzene rings is 1. The molecule has 0 aliphatic rings. The van der Waals surface area contributed by atoms with Gasteiger partial charge in [0.25, 0.3) is 0 Å². The second kappa shape index (κ2) is 4.24. The van der Waals surface area contributed by atoms with E-state index < -0.39 is 0 Å². The van der Waals surface area contributed by atoms with E-state index in [1.165, 1.54) is 11.1 Å². The van der Waals surface area contributed by atoms with Crippen LogP contribution in [0.1, 0.15) is 11.1 Å². The molecule has 0 saturated carbocycles. The maximum Gasteiger partial charge on any atom is -0.0262 e. The molecule has 1 unspecified atom stereocenters. The Kier molecular flexibility index (Phi) is 3.99. The molecule has 1 aromatic rings. The molecule has 1 heteroatoms. The van der Waals surface area contributed by atoms with Gasteiger partial charge >= 0.3 is 0 Å². The zero-order valence-electron chi connectivity index (χ0n) is 6.30. The number of hydrogen-bond donors (Lipinski definition) is 0. The van der Waals surface area contributed by atoms with Crippen molar-refractivity contribution in [2.24, 2.45) is 0 Å². The zero-order chi connectivity index (χ0) is 6.69. The van der Waals surface area contributed by atoms with Gasteiger partial charge in [-0.05, 0) is 12.5 Å². The fourth-order valence-corrected chi connectivity index (χ4v) is 0.703. The molecule has 0 heterocycles. The number of hydrogen-bond acceptors (Lipinski definition) is 0. The van der Waals surface area contributed by atoms with Crippen molar-refractivity contribution in [3.63, 3.8) is 0 Å². The van der Waals surface area contributed by atoms with E-state index in [1.54, 1.807) is 0 Å². The molecule has 54 valence electrons. The Morgan fingerprint density at radius 3 is 2.10 bits per heavy atom. The minimum Gasteiger partial charge on any atom is -0.153 e. The van der Waals surface area contributed by atoms with Crippen molar-refractivity contribution < 1.29 is 0 Å². The lowest BCUT2D eigenvalue weighted by atomic mass is 10.2. The molecule has 0 bridgehead atoms. The van der Waals surface area contributed by atoms with E-state index in [-0.39, 0.29) is 9.90 Å². The molecule has 1 aromatic carbocycles. The van der Waals surface area contributed by atoms with Crippen molar-refractivity contribution in [2.75, 3.05) is 0 Å². The van der Waals surface area contributed by atoms with Gasteiger partial charge < -0.3 is 0 Å². The SMILES string of the molecule is C=Cc1ccc(C)cc1.P. The van der Waals surface area contributed by atoms with Crippen molar-refractivity contribution in [1.82, 2.24) is 0 Å². The summed E-state index contributed by atoms with van der Waals surface area (Å²) in [6.45, 7) is 5.74. The Bertz CT molecular complexity index is 198. The van der Waals surface area contributed by atoms with Crippen molar-refractivity contribution >= 4 is 16.0 Å². The van der Waals surface area contributed by atoms with E-state index in [9.17, 15) is 0 Å². The average Bonchev–Trinajstić information content (AvgIpc) is 1.90. The van der Waals surface area contributed by atoms with Gasteiger partial charge in [0.15, 0.2) is 0 Å². The molecule has 1 atom stereocenters. The van der Waals surface area contributed by atoms with Crippen LogP contribution in [0, 0.1) is 6.92 Å². The van der Waals surface area contributed by atoms with Crippen molar-refractivity contribution in [1.29, 1.82) is 0 Å². The minimum atomic E-state index is 0. The van der Waals surface area contributed by atoms with Crippen LogP contribution in [-0.2, 0) is 0 Å². The highest BCUT2D eigenvalue weighted by Gasteiger charge is 1.82. The van der Waals surface area contributed by atoms with Crippen molar-refractivity contribution in [3.05, 3.63) is 42.0 Å². The molecule has 0 aliphatic carbocycles. The Hall–Kier alpha value is -0.610. The molecule has 0 N–H and O–H groups in total. The predicted octanol–water partition coefficient (Wildman–Crippen LogP) is 2.70. The van der Waals surface area contributed by atoms with Gasteiger partial charge in [-0.15, -0.1) is 0 Å². The molecule has 0 saturated heterocycles. The summed E-state index contributed by atoms with van der Waals surface area (Å²) in [6.07, 6.45) is 1.85. The van der Waals surface area contributed by atoms with Crippen LogP contribution in [0.5, 0.6) is 0 Å². The average molecular weight is 152 g/mol. The summed E-state index contributed by atoms with van der Waals surface area (Å²) in [6, 6.07) is 8.28.